The zero-order valence-corrected chi connectivity index (χ0v) is 19.0. The number of benzene rings is 2. The number of halogens is 2. The summed E-state index contributed by atoms with van der Waals surface area (Å²) in [5.74, 6) is -1.45. The van der Waals surface area contributed by atoms with E-state index >= 15 is 0 Å². The van der Waals surface area contributed by atoms with Crippen LogP contribution in [0.4, 0.5) is 5.69 Å². The van der Waals surface area contributed by atoms with Gasteiger partial charge >= 0.3 is 0 Å². The van der Waals surface area contributed by atoms with Crippen molar-refractivity contribution in [2.24, 2.45) is 0 Å². The predicted molar refractivity (Wildman–Crippen MR) is 122 cm³/mol. The van der Waals surface area contributed by atoms with Gasteiger partial charge in [0.1, 0.15) is 17.6 Å². The molecule has 4 rings (SSSR count). The third-order valence-corrected chi connectivity index (χ3v) is 6.13. The smallest absolute Gasteiger partial charge is 0.300 e. The van der Waals surface area contributed by atoms with Gasteiger partial charge in [0.25, 0.3) is 11.7 Å². The Labute approximate surface area is 194 Å². The standard InChI is InChI=1S/C24H19Cl2NO5/c1-12-6-4-7-17(13(12)2)27-20(18-8-5-9-32-18)19(22(29)24(27)30)21(28)14-10-15(25)23(31-3)16(26)11-14/h4-11,20,28H,1-3H3/b21-19-. The average molecular weight is 472 g/mol. The summed E-state index contributed by atoms with van der Waals surface area (Å²) in [6.45, 7) is 3.78. The van der Waals surface area contributed by atoms with Crippen molar-refractivity contribution in [3.63, 3.8) is 0 Å². The summed E-state index contributed by atoms with van der Waals surface area (Å²) in [6, 6.07) is 10.7. The van der Waals surface area contributed by atoms with Gasteiger partial charge in [0.15, 0.2) is 5.75 Å². The molecule has 164 valence electrons. The Morgan fingerprint density at radius 2 is 1.78 bits per heavy atom. The molecule has 1 fully saturated rings. The average Bonchev–Trinajstić information content (AvgIpc) is 3.37. The second kappa shape index (κ2) is 8.37. The summed E-state index contributed by atoms with van der Waals surface area (Å²) in [4.78, 5) is 27.7. The monoisotopic (exact) mass is 471 g/mol. The van der Waals surface area contributed by atoms with Gasteiger partial charge < -0.3 is 14.3 Å². The number of aliphatic hydroxyl groups is 1. The Bertz CT molecular complexity index is 1240. The Morgan fingerprint density at radius 3 is 2.38 bits per heavy atom. The van der Waals surface area contributed by atoms with E-state index in [1.165, 1.54) is 30.4 Å². The Kier molecular flexibility index (Phi) is 5.75. The molecule has 2 heterocycles. The third kappa shape index (κ3) is 3.45. The largest absolute Gasteiger partial charge is 0.507 e. The molecular weight excluding hydrogens is 453 g/mol. The lowest BCUT2D eigenvalue weighted by Gasteiger charge is -2.25. The van der Waals surface area contributed by atoms with Crippen molar-refractivity contribution in [3.05, 3.63) is 86.8 Å². The van der Waals surface area contributed by atoms with E-state index in [9.17, 15) is 14.7 Å². The van der Waals surface area contributed by atoms with Crippen molar-refractivity contribution in [1.29, 1.82) is 0 Å². The van der Waals surface area contributed by atoms with Crippen molar-refractivity contribution in [2.75, 3.05) is 12.0 Å². The number of rotatable bonds is 4. The van der Waals surface area contributed by atoms with Gasteiger partial charge in [0.05, 0.1) is 29.0 Å². The molecule has 32 heavy (non-hydrogen) atoms. The number of hydrogen-bond acceptors (Lipinski definition) is 5. The Hall–Kier alpha value is -3.22. The van der Waals surface area contributed by atoms with Crippen LogP contribution in [-0.2, 0) is 9.59 Å². The molecule has 0 saturated carbocycles. The molecule has 2 aromatic carbocycles. The minimum Gasteiger partial charge on any atom is -0.507 e. The number of carbonyl (C=O) groups is 2. The molecule has 1 aliphatic heterocycles. The van der Waals surface area contributed by atoms with E-state index < -0.39 is 23.5 Å². The lowest BCUT2D eigenvalue weighted by atomic mass is 9.98. The van der Waals surface area contributed by atoms with Crippen LogP contribution in [0.2, 0.25) is 10.0 Å². The van der Waals surface area contributed by atoms with E-state index in [0.29, 0.717) is 11.4 Å². The van der Waals surface area contributed by atoms with Gasteiger partial charge in [-0.3, -0.25) is 14.5 Å². The van der Waals surface area contributed by atoms with E-state index in [1.807, 2.05) is 19.9 Å². The molecule has 1 atom stereocenters. The fraction of sp³-hybridized carbons (Fsp3) is 0.167. The molecule has 0 radical (unpaired) electrons. The summed E-state index contributed by atoms with van der Waals surface area (Å²) in [7, 11) is 1.42. The van der Waals surface area contributed by atoms with Crippen LogP contribution < -0.4 is 9.64 Å². The van der Waals surface area contributed by atoms with Crippen molar-refractivity contribution < 1.29 is 23.8 Å². The zero-order valence-electron chi connectivity index (χ0n) is 17.5. The van der Waals surface area contributed by atoms with Gasteiger partial charge in [0.2, 0.25) is 0 Å². The van der Waals surface area contributed by atoms with Gasteiger partial charge in [-0.1, -0.05) is 35.3 Å². The summed E-state index contributed by atoms with van der Waals surface area (Å²) in [5.41, 5.74) is 2.40. The number of furan rings is 1. The second-order valence-corrected chi connectivity index (χ2v) is 8.19. The van der Waals surface area contributed by atoms with E-state index in [1.54, 1.807) is 24.3 Å². The molecule has 1 unspecified atom stereocenters. The fourth-order valence-electron chi connectivity index (χ4n) is 3.84. The zero-order chi connectivity index (χ0) is 23.2. The minimum absolute atomic E-state index is 0.122. The van der Waals surface area contributed by atoms with Crippen LogP contribution in [0.5, 0.6) is 5.75 Å². The van der Waals surface area contributed by atoms with Crippen LogP contribution in [-0.4, -0.2) is 23.9 Å². The van der Waals surface area contributed by atoms with Crippen LogP contribution in [0.1, 0.15) is 28.5 Å². The maximum atomic E-state index is 13.2. The van der Waals surface area contributed by atoms with Gasteiger partial charge in [0, 0.05) is 11.3 Å². The molecule has 0 spiro atoms. The molecule has 1 aliphatic rings. The molecule has 0 bridgehead atoms. The van der Waals surface area contributed by atoms with Crippen LogP contribution in [0, 0.1) is 13.8 Å². The number of aliphatic hydroxyl groups excluding tert-OH is 1. The molecule has 1 saturated heterocycles. The van der Waals surface area contributed by atoms with Crippen LogP contribution in [0.15, 0.2) is 58.7 Å². The number of Topliss-reactive ketones (excluding diaryl/α,β-unsaturated/α-hetero) is 1. The highest BCUT2D eigenvalue weighted by Crippen LogP contribution is 2.44. The number of aryl methyl sites for hydroxylation is 1. The quantitative estimate of drug-likeness (QED) is 0.293. The van der Waals surface area contributed by atoms with Crippen LogP contribution >= 0.6 is 23.2 Å². The number of amides is 1. The molecule has 8 heteroatoms. The SMILES string of the molecule is COc1c(Cl)cc(/C(O)=C2/C(=O)C(=O)N(c3cccc(C)c3C)C2c2ccco2)cc1Cl. The molecule has 1 aromatic heterocycles. The lowest BCUT2D eigenvalue weighted by molar-refractivity contribution is -0.132. The van der Waals surface area contributed by atoms with Gasteiger partial charge in [-0.05, 0) is 55.3 Å². The normalized spacial score (nSPS) is 17.8. The molecule has 3 aromatic rings. The molecule has 1 N–H and O–H groups in total. The van der Waals surface area contributed by atoms with E-state index in [0.717, 1.165) is 11.1 Å². The molecule has 6 nitrogen and oxygen atoms in total. The molecular formula is C24H19Cl2NO5. The first-order valence-electron chi connectivity index (χ1n) is 9.70. The van der Waals surface area contributed by atoms with Gasteiger partial charge in [-0.15, -0.1) is 0 Å². The number of methoxy groups -OCH3 is 1. The number of ether oxygens (including phenoxy) is 1. The molecule has 0 aliphatic carbocycles. The van der Waals surface area contributed by atoms with E-state index in [2.05, 4.69) is 0 Å². The first-order valence-corrected chi connectivity index (χ1v) is 10.5. The number of nitrogens with zero attached hydrogens (tertiary/aromatic N) is 1. The fourth-order valence-corrected chi connectivity index (χ4v) is 4.48. The highest BCUT2D eigenvalue weighted by molar-refractivity contribution is 6.51. The predicted octanol–water partition coefficient (Wildman–Crippen LogP) is 5.84. The van der Waals surface area contributed by atoms with E-state index in [4.69, 9.17) is 32.4 Å². The minimum atomic E-state index is -0.967. The number of carbonyl (C=O) groups excluding carboxylic acids is 2. The van der Waals surface area contributed by atoms with Gasteiger partial charge in [-0.2, -0.15) is 0 Å². The first kappa shape index (κ1) is 22.0. The van der Waals surface area contributed by atoms with E-state index in [-0.39, 0.29) is 26.9 Å². The van der Waals surface area contributed by atoms with Crippen molar-refractivity contribution >= 4 is 46.3 Å². The van der Waals surface area contributed by atoms with Crippen LogP contribution in [0.3, 0.4) is 0 Å². The third-order valence-electron chi connectivity index (χ3n) is 5.57. The lowest BCUT2D eigenvalue weighted by Crippen LogP contribution is -2.30. The second-order valence-electron chi connectivity index (χ2n) is 7.38. The Morgan fingerprint density at radius 1 is 1.09 bits per heavy atom. The number of anilines is 1. The van der Waals surface area contributed by atoms with Gasteiger partial charge in [-0.25, -0.2) is 0 Å². The maximum absolute atomic E-state index is 13.2. The van der Waals surface area contributed by atoms with Crippen LogP contribution in [0.25, 0.3) is 5.76 Å². The van der Waals surface area contributed by atoms with Crippen molar-refractivity contribution in [2.45, 2.75) is 19.9 Å². The first-order chi connectivity index (χ1) is 15.3. The summed E-state index contributed by atoms with van der Waals surface area (Å²) >= 11 is 12.5. The highest BCUT2D eigenvalue weighted by atomic mass is 35.5. The van der Waals surface area contributed by atoms with Crippen molar-refractivity contribution in [1.82, 2.24) is 0 Å². The topological polar surface area (TPSA) is 80.0 Å². The maximum Gasteiger partial charge on any atom is 0.300 e. The number of hydrogen-bond donors (Lipinski definition) is 1. The van der Waals surface area contributed by atoms with Crippen molar-refractivity contribution in [3.8, 4) is 5.75 Å². The summed E-state index contributed by atoms with van der Waals surface area (Å²) in [5, 5.41) is 11.5. The highest BCUT2D eigenvalue weighted by Gasteiger charge is 2.48. The molecule has 1 amide bonds. The Balaban J connectivity index is 1.96. The summed E-state index contributed by atoms with van der Waals surface area (Å²) in [6.07, 6.45) is 1.44. The summed E-state index contributed by atoms with van der Waals surface area (Å²) < 4.78 is 10.7. The number of ketones is 1.